The van der Waals surface area contributed by atoms with Crippen LogP contribution in [-0.2, 0) is 10.0 Å². The number of unbranched alkanes of at least 4 members (excludes halogenated alkanes) is 2. The van der Waals surface area contributed by atoms with Gasteiger partial charge in [-0.15, -0.1) is 0 Å². The fourth-order valence-electron chi connectivity index (χ4n) is 1.49. The van der Waals surface area contributed by atoms with Crippen molar-refractivity contribution in [3.8, 4) is 0 Å². The average molecular weight is 399 g/mol. The van der Waals surface area contributed by atoms with Crippen molar-refractivity contribution in [2.24, 2.45) is 0 Å². The molecule has 0 atom stereocenters. The van der Waals surface area contributed by atoms with Gasteiger partial charge in [0.15, 0.2) is 0 Å². The first-order chi connectivity index (χ1) is 8.38. The van der Waals surface area contributed by atoms with Crippen molar-refractivity contribution in [1.82, 2.24) is 4.72 Å². The molecule has 0 saturated carbocycles. The third kappa shape index (κ3) is 4.33. The maximum Gasteiger partial charge on any atom is 0.241 e. The highest BCUT2D eigenvalue weighted by Crippen LogP contribution is 2.28. The minimum absolute atomic E-state index is 0.275. The first kappa shape index (κ1) is 16.1. The second-order valence-electron chi connectivity index (χ2n) is 4.14. The van der Waals surface area contributed by atoms with Gasteiger partial charge in [-0.1, -0.05) is 35.7 Å². The van der Waals surface area contributed by atoms with Crippen LogP contribution in [0.15, 0.2) is 26.0 Å². The summed E-state index contributed by atoms with van der Waals surface area (Å²) >= 11 is 6.65. The molecule has 1 rings (SSSR count). The van der Waals surface area contributed by atoms with Crippen molar-refractivity contribution in [1.29, 1.82) is 0 Å². The lowest BCUT2D eigenvalue weighted by molar-refractivity contribution is 0.575. The van der Waals surface area contributed by atoms with Gasteiger partial charge in [0.1, 0.15) is 0 Å². The molecule has 18 heavy (non-hydrogen) atoms. The van der Waals surface area contributed by atoms with Crippen LogP contribution in [0.3, 0.4) is 0 Å². The molecule has 1 aromatic rings. The molecular weight excluding hydrogens is 382 g/mol. The maximum absolute atomic E-state index is 12.1. The van der Waals surface area contributed by atoms with Crippen LogP contribution in [0, 0.1) is 6.92 Å². The van der Waals surface area contributed by atoms with Crippen LogP contribution < -0.4 is 4.72 Å². The number of hydrogen-bond donors (Lipinski definition) is 1. The predicted octanol–water partition coefficient (Wildman–Crippen LogP) is 3.99. The number of benzene rings is 1. The molecule has 0 unspecified atom stereocenters. The summed E-state index contributed by atoms with van der Waals surface area (Å²) in [6.45, 7) is 4.48. The molecule has 3 nitrogen and oxygen atoms in total. The topological polar surface area (TPSA) is 46.2 Å². The number of aryl methyl sites for hydroxylation is 1. The van der Waals surface area contributed by atoms with Crippen molar-refractivity contribution < 1.29 is 8.42 Å². The number of hydrogen-bond acceptors (Lipinski definition) is 2. The van der Waals surface area contributed by atoms with Crippen LogP contribution in [0.25, 0.3) is 0 Å². The van der Waals surface area contributed by atoms with Gasteiger partial charge in [0.25, 0.3) is 0 Å². The van der Waals surface area contributed by atoms with E-state index in [1.54, 1.807) is 12.1 Å². The Labute approximate surface area is 126 Å². The van der Waals surface area contributed by atoms with E-state index in [1.165, 1.54) is 0 Å². The molecule has 1 N–H and O–H groups in total. The molecule has 0 bridgehead atoms. The van der Waals surface area contributed by atoms with Crippen LogP contribution in [0.1, 0.15) is 31.7 Å². The van der Waals surface area contributed by atoms with Crippen LogP contribution in [-0.4, -0.2) is 15.0 Å². The Kier molecular flexibility index (Phi) is 6.30. The van der Waals surface area contributed by atoms with Crippen molar-refractivity contribution in [2.75, 3.05) is 6.54 Å². The summed E-state index contributed by atoms with van der Waals surface area (Å²) in [5.74, 6) is 0. The van der Waals surface area contributed by atoms with E-state index in [0.717, 1.165) is 29.3 Å². The van der Waals surface area contributed by atoms with E-state index < -0.39 is 10.0 Å². The molecule has 0 amide bonds. The number of nitrogens with one attached hydrogen (secondary N) is 1. The fraction of sp³-hybridized carbons (Fsp3) is 0.500. The third-order valence-corrected chi connectivity index (χ3v) is 5.85. The fourth-order valence-corrected chi connectivity index (χ4v) is 4.24. The van der Waals surface area contributed by atoms with E-state index in [2.05, 4.69) is 43.5 Å². The molecule has 0 aliphatic heterocycles. The molecule has 0 saturated heterocycles. The van der Waals surface area contributed by atoms with E-state index in [9.17, 15) is 8.42 Å². The van der Waals surface area contributed by atoms with E-state index in [-0.39, 0.29) is 4.90 Å². The summed E-state index contributed by atoms with van der Waals surface area (Å²) in [6, 6.07) is 3.42. The summed E-state index contributed by atoms with van der Waals surface area (Å²) in [5.41, 5.74) is 0.992. The maximum atomic E-state index is 12.1. The molecule has 0 fully saturated rings. The van der Waals surface area contributed by atoms with Gasteiger partial charge in [0.2, 0.25) is 10.0 Å². The molecular formula is C12H17Br2NO2S. The lowest BCUT2D eigenvalue weighted by atomic mass is 10.2. The minimum atomic E-state index is -3.44. The molecule has 0 aliphatic carbocycles. The highest BCUT2D eigenvalue weighted by Gasteiger charge is 2.18. The zero-order valence-electron chi connectivity index (χ0n) is 10.5. The predicted molar refractivity (Wildman–Crippen MR) is 81.3 cm³/mol. The molecule has 0 heterocycles. The highest BCUT2D eigenvalue weighted by atomic mass is 79.9. The second-order valence-corrected chi connectivity index (χ2v) is 7.58. The average Bonchev–Trinajstić information content (AvgIpc) is 2.29. The van der Waals surface area contributed by atoms with Gasteiger partial charge in [-0.3, -0.25) is 0 Å². The molecule has 6 heteroatoms. The first-order valence-electron chi connectivity index (χ1n) is 5.83. The largest absolute Gasteiger partial charge is 0.241 e. The smallest absolute Gasteiger partial charge is 0.211 e. The Balaban J connectivity index is 2.88. The monoisotopic (exact) mass is 397 g/mol. The molecule has 0 aromatic heterocycles. The molecule has 0 spiro atoms. The minimum Gasteiger partial charge on any atom is -0.211 e. The summed E-state index contributed by atoms with van der Waals surface area (Å²) in [5, 5.41) is 0. The van der Waals surface area contributed by atoms with Gasteiger partial charge < -0.3 is 0 Å². The van der Waals surface area contributed by atoms with Gasteiger partial charge in [-0.05, 0) is 47.0 Å². The number of sulfonamides is 1. The Bertz CT molecular complexity index is 515. The summed E-state index contributed by atoms with van der Waals surface area (Å²) < 4.78 is 28.2. The lowest BCUT2D eigenvalue weighted by Crippen LogP contribution is -2.25. The number of halogens is 2. The first-order valence-corrected chi connectivity index (χ1v) is 8.90. The van der Waals surface area contributed by atoms with Gasteiger partial charge in [0.05, 0.1) is 4.90 Å². The van der Waals surface area contributed by atoms with Crippen LogP contribution in [0.5, 0.6) is 0 Å². The third-order valence-electron chi connectivity index (χ3n) is 2.58. The quantitative estimate of drug-likeness (QED) is 0.736. The van der Waals surface area contributed by atoms with E-state index in [4.69, 9.17) is 0 Å². The van der Waals surface area contributed by atoms with E-state index in [1.807, 2.05) is 6.92 Å². The molecule has 0 aliphatic rings. The summed E-state index contributed by atoms with van der Waals surface area (Å²) in [7, 11) is -3.44. The lowest BCUT2D eigenvalue weighted by Gasteiger charge is -2.10. The summed E-state index contributed by atoms with van der Waals surface area (Å²) in [4.78, 5) is 0.275. The molecule has 1 aromatic carbocycles. The van der Waals surface area contributed by atoms with Crippen LogP contribution in [0.4, 0.5) is 0 Å². The van der Waals surface area contributed by atoms with Crippen LogP contribution >= 0.6 is 31.9 Å². The normalized spacial score (nSPS) is 11.8. The van der Waals surface area contributed by atoms with Gasteiger partial charge in [-0.2, -0.15) is 0 Å². The standard InChI is InChI=1S/C12H17Br2NO2S/c1-3-4-5-6-15-18(16,17)12-8-10(13)9(2)7-11(12)14/h7-8,15H,3-6H2,1-2H3. The second kappa shape index (κ2) is 7.03. The van der Waals surface area contributed by atoms with Crippen molar-refractivity contribution in [3.05, 3.63) is 26.6 Å². The van der Waals surface area contributed by atoms with Crippen LogP contribution in [0.2, 0.25) is 0 Å². The van der Waals surface area contributed by atoms with Crippen molar-refractivity contribution in [2.45, 2.75) is 38.0 Å². The summed E-state index contributed by atoms with van der Waals surface area (Å²) in [6.07, 6.45) is 2.96. The van der Waals surface area contributed by atoms with E-state index in [0.29, 0.717) is 11.0 Å². The zero-order valence-corrected chi connectivity index (χ0v) is 14.5. The van der Waals surface area contributed by atoms with Gasteiger partial charge >= 0.3 is 0 Å². The molecule has 102 valence electrons. The van der Waals surface area contributed by atoms with Gasteiger partial charge in [-0.25, -0.2) is 13.1 Å². The van der Waals surface area contributed by atoms with Crippen molar-refractivity contribution in [3.63, 3.8) is 0 Å². The molecule has 0 radical (unpaired) electrons. The van der Waals surface area contributed by atoms with E-state index >= 15 is 0 Å². The van der Waals surface area contributed by atoms with Gasteiger partial charge in [0, 0.05) is 15.5 Å². The Morgan fingerprint density at radius 1 is 1.17 bits per heavy atom. The Morgan fingerprint density at radius 3 is 2.44 bits per heavy atom. The zero-order chi connectivity index (χ0) is 13.8. The SMILES string of the molecule is CCCCCNS(=O)(=O)c1cc(Br)c(C)cc1Br. The number of rotatable bonds is 6. The highest BCUT2D eigenvalue weighted by molar-refractivity contribution is 9.11. The Hall–Kier alpha value is 0.0900. The Morgan fingerprint density at radius 2 is 1.83 bits per heavy atom. The van der Waals surface area contributed by atoms with Crippen molar-refractivity contribution >= 4 is 41.9 Å².